The van der Waals surface area contributed by atoms with Gasteiger partial charge in [-0.25, -0.2) is 14.4 Å². The summed E-state index contributed by atoms with van der Waals surface area (Å²) in [6.45, 7) is 1.15. The van der Waals surface area contributed by atoms with Gasteiger partial charge in [0.25, 0.3) is 0 Å². The van der Waals surface area contributed by atoms with Gasteiger partial charge in [-0.2, -0.15) is 13.2 Å². The number of ether oxygens (including phenoxy) is 1. The Hall–Kier alpha value is -3.92. The van der Waals surface area contributed by atoms with Gasteiger partial charge in [0.05, 0.1) is 17.9 Å². The minimum atomic E-state index is -4.60. The highest BCUT2D eigenvalue weighted by Crippen LogP contribution is 2.30. The lowest BCUT2D eigenvalue weighted by molar-refractivity contribution is -0.137. The van der Waals surface area contributed by atoms with Crippen molar-refractivity contribution >= 4 is 12.2 Å². The molecule has 0 aliphatic heterocycles. The lowest BCUT2D eigenvalue weighted by Gasteiger charge is -2.09. The molecule has 0 saturated heterocycles. The van der Waals surface area contributed by atoms with Gasteiger partial charge < -0.3 is 18.8 Å². The van der Waals surface area contributed by atoms with Crippen molar-refractivity contribution in [2.75, 3.05) is 6.61 Å². The van der Waals surface area contributed by atoms with Gasteiger partial charge in [0.2, 0.25) is 5.89 Å². The number of benzene rings is 2. The zero-order chi connectivity index (χ0) is 26.3. The first-order valence-corrected chi connectivity index (χ1v) is 11.6. The van der Waals surface area contributed by atoms with Crippen LogP contribution in [0.2, 0.25) is 0 Å². The maximum absolute atomic E-state index is 14.0. The SMILES string of the molecule is OCc1nccn1CCCOc1ccc(CCc2coc(/C=C/c3ccc(C(F)(F)F)cc3F)n2)cc1. The molecular weight excluding hydrogens is 490 g/mol. The highest BCUT2D eigenvalue weighted by molar-refractivity contribution is 5.66. The van der Waals surface area contributed by atoms with E-state index in [-0.39, 0.29) is 18.1 Å². The molecule has 6 nitrogen and oxygen atoms in total. The summed E-state index contributed by atoms with van der Waals surface area (Å²) in [5.74, 6) is 0.660. The van der Waals surface area contributed by atoms with Gasteiger partial charge in [0.1, 0.15) is 30.3 Å². The third-order valence-corrected chi connectivity index (χ3v) is 5.65. The van der Waals surface area contributed by atoms with Crippen LogP contribution >= 0.6 is 0 Å². The molecule has 2 aromatic carbocycles. The first-order valence-electron chi connectivity index (χ1n) is 11.6. The minimum Gasteiger partial charge on any atom is -0.494 e. The van der Waals surface area contributed by atoms with Crippen molar-refractivity contribution in [3.05, 3.63) is 101 Å². The monoisotopic (exact) mass is 515 g/mol. The van der Waals surface area contributed by atoms with Gasteiger partial charge in [-0.15, -0.1) is 0 Å². The van der Waals surface area contributed by atoms with E-state index >= 15 is 0 Å². The summed E-state index contributed by atoms with van der Waals surface area (Å²) >= 11 is 0. The molecule has 2 aromatic heterocycles. The molecule has 0 atom stereocenters. The summed E-state index contributed by atoms with van der Waals surface area (Å²) in [5, 5.41) is 9.22. The number of rotatable bonds is 11. The average molecular weight is 516 g/mol. The van der Waals surface area contributed by atoms with Crippen molar-refractivity contribution in [2.45, 2.75) is 38.6 Å². The summed E-state index contributed by atoms with van der Waals surface area (Å²) < 4.78 is 65.0. The fourth-order valence-electron chi connectivity index (χ4n) is 3.66. The first kappa shape index (κ1) is 26.2. The molecule has 4 aromatic rings. The topological polar surface area (TPSA) is 73.3 Å². The van der Waals surface area contributed by atoms with Crippen molar-refractivity contribution in [2.24, 2.45) is 0 Å². The minimum absolute atomic E-state index is 0.00620. The Morgan fingerprint density at radius 1 is 1.05 bits per heavy atom. The molecule has 0 fully saturated rings. The van der Waals surface area contributed by atoms with Crippen LogP contribution in [0, 0.1) is 5.82 Å². The summed E-state index contributed by atoms with van der Waals surface area (Å²) in [7, 11) is 0. The molecule has 0 spiro atoms. The normalized spacial score (nSPS) is 11.9. The van der Waals surface area contributed by atoms with Crippen LogP contribution in [-0.4, -0.2) is 26.2 Å². The third-order valence-electron chi connectivity index (χ3n) is 5.65. The Labute approximate surface area is 210 Å². The van der Waals surface area contributed by atoms with Crippen LogP contribution < -0.4 is 4.74 Å². The zero-order valence-corrected chi connectivity index (χ0v) is 19.8. The van der Waals surface area contributed by atoms with Gasteiger partial charge in [-0.1, -0.05) is 18.2 Å². The molecule has 0 aliphatic carbocycles. The summed E-state index contributed by atoms with van der Waals surface area (Å²) in [4.78, 5) is 8.39. The Bertz CT molecular complexity index is 1330. The molecule has 0 aliphatic rings. The van der Waals surface area contributed by atoms with E-state index in [1.807, 2.05) is 35.0 Å². The number of hydrogen-bond acceptors (Lipinski definition) is 5. The van der Waals surface area contributed by atoms with Gasteiger partial charge >= 0.3 is 6.18 Å². The zero-order valence-electron chi connectivity index (χ0n) is 19.8. The van der Waals surface area contributed by atoms with E-state index in [2.05, 4.69) is 9.97 Å². The molecule has 2 heterocycles. The van der Waals surface area contributed by atoms with Gasteiger partial charge in [0.15, 0.2) is 0 Å². The molecular formula is C27H25F4N3O3. The van der Waals surface area contributed by atoms with E-state index in [0.29, 0.717) is 43.6 Å². The molecule has 0 unspecified atom stereocenters. The number of aromatic nitrogens is 3. The molecule has 194 valence electrons. The van der Waals surface area contributed by atoms with E-state index in [9.17, 15) is 22.7 Å². The van der Waals surface area contributed by atoms with Gasteiger partial charge in [0, 0.05) is 30.6 Å². The molecule has 1 N–H and O–H groups in total. The van der Waals surface area contributed by atoms with Crippen molar-refractivity contribution in [3.8, 4) is 5.75 Å². The Kier molecular flexibility index (Phi) is 8.39. The molecule has 0 radical (unpaired) electrons. The van der Waals surface area contributed by atoms with Gasteiger partial charge in [-0.3, -0.25) is 0 Å². The van der Waals surface area contributed by atoms with Crippen molar-refractivity contribution < 1.29 is 31.8 Å². The maximum Gasteiger partial charge on any atom is 0.416 e. The Morgan fingerprint density at radius 2 is 1.86 bits per heavy atom. The highest BCUT2D eigenvalue weighted by Gasteiger charge is 2.30. The van der Waals surface area contributed by atoms with Crippen LogP contribution in [0.3, 0.4) is 0 Å². The van der Waals surface area contributed by atoms with E-state index in [4.69, 9.17) is 9.15 Å². The number of hydrogen-bond donors (Lipinski definition) is 1. The summed E-state index contributed by atoms with van der Waals surface area (Å²) in [6.07, 6.45) is 5.24. The number of alkyl halides is 3. The Balaban J connectivity index is 1.23. The van der Waals surface area contributed by atoms with Crippen molar-refractivity contribution in [1.29, 1.82) is 0 Å². The largest absolute Gasteiger partial charge is 0.494 e. The predicted molar refractivity (Wildman–Crippen MR) is 129 cm³/mol. The lowest BCUT2D eigenvalue weighted by Crippen LogP contribution is -2.07. The molecule has 10 heteroatoms. The van der Waals surface area contributed by atoms with Crippen molar-refractivity contribution in [3.63, 3.8) is 0 Å². The number of imidazole rings is 1. The van der Waals surface area contributed by atoms with Gasteiger partial charge in [-0.05, 0) is 55.2 Å². The number of aryl methyl sites for hydroxylation is 3. The number of aliphatic hydroxyl groups excluding tert-OH is 1. The van der Waals surface area contributed by atoms with E-state index < -0.39 is 17.6 Å². The molecule has 0 saturated carbocycles. The average Bonchev–Trinajstić information content (AvgIpc) is 3.54. The second-order valence-corrected chi connectivity index (χ2v) is 8.29. The van der Waals surface area contributed by atoms with Crippen LogP contribution in [-0.2, 0) is 32.2 Å². The third kappa shape index (κ3) is 7.29. The van der Waals surface area contributed by atoms with E-state index in [1.54, 1.807) is 6.20 Å². The van der Waals surface area contributed by atoms with E-state index in [1.165, 1.54) is 18.4 Å². The van der Waals surface area contributed by atoms with E-state index in [0.717, 1.165) is 29.9 Å². The quantitative estimate of drug-likeness (QED) is 0.198. The fraction of sp³-hybridized carbons (Fsp3) is 0.259. The molecule has 0 bridgehead atoms. The molecule has 37 heavy (non-hydrogen) atoms. The van der Waals surface area contributed by atoms with Crippen molar-refractivity contribution in [1.82, 2.24) is 14.5 Å². The Morgan fingerprint density at radius 3 is 2.59 bits per heavy atom. The summed E-state index contributed by atoms with van der Waals surface area (Å²) in [5.41, 5.74) is 0.759. The number of aliphatic hydroxyl groups is 1. The predicted octanol–water partition coefficient (Wildman–Crippen LogP) is 5.95. The highest BCUT2D eigenvalue weighted by atomic mass is 19.4. The van der Waals surface area contributed by atoms with Crippen LogP contribution in [0.1, 0.15) is 40.5 Å². The first-order chi connectivity index (χ1) is 17.8. The number of oxazole rings is 1. The smallest absolute Gasteiger partial charge is 0.416 e. The molecule has 4 rings (SSSR count). The van der Waals surface area contributed by atoms with Crippen LogP contribution in [0.4, 0.5) is 17.6 Å². The standard InChI is InChI=1S/C27H25F4N3O3/c28-24-16-21(27(29,30)31)7-5-20(24)6-11-26-33-22(18-37-26)8-2-19-3-9-23(10-4-19)36-15-1-13-34-14-12-32-25(34)17-35/h3-7,9-12,14,16,18,35H,1-2,8,13,15,17H2/b11-6+. The number of halogens is 4. The second-order valence-electron chi connectivity index (χ2n) is 8.29. The number of nitrogens with zero attached hydrogens (tertiary/aromatic N) is 3. The summed E-state index contributed by atoms with van der Waals surface area (Å²) in [6, 6.07) is 10.1. The second kappa shape index (κ2) is 11.9. The van der Waals surface area contributed by atoms with Crippen LogP contribution in [0.25, 0.3) is 12.2 Å². The van der Waals surface area contributed by atoms with Crippen LogP contribution in [0.15, 0.2) is 65.5 Å². The maximum atomic E-state index is 14.0. The van der Waals surface area contributed by atoms with Crippen LogP contribution in [0.5, 0.6) is 5.75 Å². The lowest BCUT2D eigenvalue weighted by atomic mass is 10.1. The molecule has 0 amide bonds. The fourth-order valence-corrected chi connectivity index (χ4v) is 3.66.